The maximum atomic E-state index is 13.5. The van der Waals surface area contributed by atoms with Gasteiger partial charge in [0.05, 0.1) is 17.3 Å². The maximum Gasteiger partial charge on any atom is 0.573 e. The SMILES string of the molecule is Cc1ccc(N2C(=O)C(O)=C(C(=O)c3ccc(OC(F)(F)F)cc3)C2c2ccc(-c3nn[nH]n3)cc2)nn1. The van der Waals surface area contributed by atoms with Gasteiger partial charge >= 0.3 is 6.36 Å². The van der Waals surface area contributed by atoms with Crippen molar-refractivity contribution >= 4 is 17.5 Å². The number of carbonyl (C=O) groups is 2. The van der Waals surface area contributed by atoms with Crippen LogP contribution in [0.3, 0.4) is 0 Å². The molecule has 3 heterocycles. The van der Waals surface area contributed by atoms with Gasteiger partial charge in [-0.25, -0.2) is 0 Å². The third-order valence-corrected chi connectivity index (χ3v) is 5.66. The summed E-state index contributed by atoms with van der Waals surface area (Å²) in [4.78, 5) is 27.9. The van der Waals surface area contributed by atoms with Crippen molar-refractivity contribution in [1.82, 2.24) is 30.8 Å². The fourth-order valence-electron chi connectivity index (χ4n) is 3.97. The maximum absolute atomic E-state index is 13.5. The first-order chi connectivity index (χ1) is 18.1. The molecule has 0 fully saturated rings. The first kappa shape index (κ1) is 24.5. The third-order valence-electron chi connectivity index (χ3n) is 5.66. The number of aliphatic hydroxyl groups excluding tert-OH is 1. The zero-order valence-electron chi connectivity index (χ0n) is 19.3. The Kier molecular flexibility index (Phi) is 6.06. The van der Waals surface area contributed by atoms with Gasteiger partial charge in [0.25, 0.3) is 5.91 Å². The molecule has 1 aliphatic rings. The van der Waals surface area contributed by atoms with Gasteiger partial charge in [-0.2, -0.15) is 10.3 Å². The number of nitrogens with zero attached hydrogens (tertiary/aromatic N) is 6. The number of alkyl halides is 3. The van der Waals surface area contributed by atoms with Crippen LogP contribution in [-0.4, -0.2) is 54.0 Å². The van der Waals surface area contributed by atoms with Gasteiger partial charge in [-0.3, -0.25) is 14.5 Å². The molecule has 192 valence electrons. The summed E-state index contributed by atoms with van der Waals surface area (Å²) in [6.45, 7) is 1.70. The molecular formula is C24H16F3N7O4. The smallest absolute Gasteiger partial charge is 0.503 e. The largest absolute Gasteiger partial charge is 0.573 e. The molecule has 0 saturated carbocycles. The van der Waals surface area contributed by atoms with Crippen LogP contribution in [0.15, 0.2) is 72.0 Å². The third kappa shape index (κ3) is 4.66. The standard InChI is InChI=1S/C24H16F3N7O4/c1-12-2-11-17(29-28-12)34-19(13-3-5-15(6-4-13)22-30-32-33-31-22)18(21(36)23(34)37)20(35)14-7-9-16(10-8-14)38-24(25,26)27/h2-11,19,36H,1H3,(H,30,31,32,33). The van der Waals surface area contributed by atoms with Crippen molar-refractivity contribution < 1.29 is 32.6 Å². The lowest BCUT2D eigenvalue weighted by atomic mass is 9.92. The van der Waals surface area contributed by atoms with Crippen LogP contribution < -0.4 is 9.64 Å². The second-order valence-electron chi connectivity index (χ2n) is 8.13. The minimum Gasteiger partial charge on any atom is -0.503 e. The van der Waals surface area contributed by atoms with Crippen molar-refractivity contribution in [3.05, 3.63) is 88.8 Å². The first-order valence-corrected chi connectivity index (χ1v) is 10.9. The number of aryl methyl sites for hydroxylation is 1. The minimum atomic E-state index is -4.90. The molecule has 0 radical (unpaired) electrons. The Morgan fingerprint density at radius 2 is 1.71 bits per heavy atom. The van der Waals surface area contributed by atoms with E-state index in [4.69, 9.17) is 0 Å². The molecule has 1 aliphatic heterocycles. The van der Waals surface area contributed by atoms with E-state index in [2.05, 4.69) is 35.6 Å². The van der Waals surface area contributed by atoms with Crippen LogP contribution in [-0.2, 0) is 4.79 Å². The lowest BCUT2D eigenvalue weighted by molar-refractivity contribution is -0.274. The Bertz CT molecular complexity index is 1520. The lowest BCUT2D eigenvalue weighted by Gasteiger charge is -2.25. The number of anilines is 1. The van der Waals surface area contributed by atoms with E-state index in [9.17, 15) is 27.9 Å². The number of carbonyl (C=O) groups excluding carboxylic acids is 2. The van der Waals surface area contributed by atoms with Gasteiger partial charge in [0.1, 0.15) is 5.75 Å². The molecule has 2 aromatic heterocycles. The zero-order chi connectivity index (χ0) is 27.0. The number of H-pyrrole nitrogens is 1. The van der Waals surface area contributed by atoms with E-state index in [0.717, 1.165) is 29.2 Å². The fraction of sp³-hybridized carbons (Fsp3) is 0.125. The number of amides is 1. The van der Waals surface area contributed by atoms with Gasteiger partial charge in [0.15, 0.2) is 17.4 Å². The number of benzene rings is 2. The lowest BCUT2D eigenvalue weighted by Crippen LogP contribution is -2.32. The first-order valence-electron chi connectivity index (χ1n) is 10.9. The summed E-state index contributed by atoms with van der Waals surface area (Å²) in [7, 11) is 0. The van der Waals surface area contributed by atoms with Crippen LogP contribution in [0.4, 0.5) is 19.0 Å². The van der Waals surface area contributed by atoms with E-state index in [-0.39, 0.29) is 17.0 Å². The van der Waals surface area contributed by atoms with Crippen molar-refractivity contribution in [2.75, 3.05) is 4.90 Å². The molecule has 1 atom stereocenters. The normalized spacial score (nSPS) is 15.7. The van der Waals surface area contributed by atoms with E-state index >= 15 is 0 Å². The van der Waals surface area contributed by atoms with E-state index in [0.29, 0.717) is 22.6 Å². The number of Topliss-reactive ketones (excluding diaryl/α,β-unsaturated/α-hetero) is 1. The Morgan fingerprint density at radius 3 is 2.29 bits per heavy atom. The average molecular weight is 523 g/mol. The monoisotopic (exact) mass is 523 g/mol. The van der Waals surface area contributed by atoms with Gasteiger partial charge < -0.3 is 9.84 Å². The molecule has 5 rings (SSSR count). The van der Waals surface area contributed by atoms with E-state index in [1.54, 1.807) is 37.3 Å². The molecule has 0 spiro atoms. The molecule has 0 aliphatic carbocycles. The highest BCUT2D eigenvalue weighted by atomic mass is 19.4. The van der Waals surface area contributed by atoms with Crippen LogP contribution in [0.2, 0.25) is 0 Å². The summed E-state index contributed by atoms with van der Waals surface area (Å²) in [5.74, 6) is -2.62. The van der Waals surface area contributed by atoms with Crippen LogP contribution in [0.25, 0.3) is 11.4 Å². The number of hydrogen-bond donors (Lipinski definition) is 2. The predicted molar refractivity (Wildman–Crippen MR) is 124 cm³/mol. The van der Waals surface area contributed by atoms with Crippen LogP contribution >= 0.6 is 0 Å². The van der Waals surface area contributed by atoms with Gasteiger partial charge in [0, 0.05) is 11.1 Å². The summed E-state index contributed by atoms with van der Waals surface area (Å²) >= 11 is 0. The molecule has 2 N–H and O–H groups in total. The molecule has 0 bridgehead atoms. The zero-order valence-corrected chi connectivity index (χ0v) is 19.3. The van der Waals surface area contributed by atoms with Crippen molar-refractivity contribution in [1.29, 1.82) is 0 Å². The minimum absolute atomic E-state index is 0.0702. The summed E-state index contributed by atoms with van der Waals surface area (Å²) < 4.78 is 41.4. The van der Waals surface area contributed by atoms with Gasteiger partial charge in [0.2, 0.25) is 5.82 Å². The van der Waals surface area contributed by atoms with Crippen molar-refractivity contribution in [3.63, 3.8) is 0 Å². The predicted octanol–water partition coefficient (Wildman–Crippen LogP) is 3.65. The molecule has 11 nitrogen and oxygen atoms in total. The molecule has 0 saturated heterocycles. The van der Waals surface area contributed by atoms with Crippen LogP contribution in [0.1, 0.15) is 27.7 Å². The number of aromatic amines is 1. The van der Waals surface area contributed by atoms with Crippen molar-refractivity contribution in [3.8, 4) is 17.1 Å². The summed E-state index contributed by atoms with van der Waals surface area (Å²) in [6, 6.07) is 12.7. The highest BCUT2D eigenvalue weighted by molar-refractivity contribution is 6.20. The van der Waals surface area contributed by atoms with E-state index < -0.39 is 35.6 Å². The van der Waals surface area contributed by atoms with Crippen molar-refractivity contribution in [2.45, 2.75) is 19.3 Å². The highest BCUT2D eigenvalue weighted by Crippen LogP contribution is 2.41. The number of aliphatic hydroxyl groups is 1. The fourth-order valence-corrected chi connectivity index (χ4v) is 3.97. The topological polar surface area (TPSA) is 147 Å². The van der Waals surface area contributed by atoms with Crippen molar-refractivity contribution in [2.24, 2.45) is 0 Å². The second kappa shape index (κ2) is 9.38. The summed E-state index contributed by atoms with van der Waals surface area (Å²) in [5, 5.41) is 32.5. The Labute approximate surface area is 211 Å². The van der Waals surface area contributed by atoms with E-state index in [1.165, 1.54) is 6.07 Å². The number of ether oxygens (including phenoxy) is 1. The Morgan fingerprint density at radius 1 is 1.00 bits per heavy atom. The number of hydrogen-bond acceptors (Lipinski definition) is 9. The second-order valence-corrected chi connectivity index (χ2v) is 8.13. The van der Waals surface area contributed by atoms with Gasteiger partial charge in [-0.05, 0) is 54.1 Å². The molecule has 2 aromatic carbocycles. The average Bonchev–Trinajstić information content (AvgIpc) is 3.51. The molecule has 1 unspecified atom stereocenters. The van der Waals surface area contributed by atoms with Crippen LogP contribution in [0.5, 0.6) is 5.75 Å². The number of tetrazole rings is 1. The highest BCUT2D eigenvalue weighted by Gasteiger charge is 2.45. The molecule has 38 heavy (non-hydrogen) atoms. The molecule has 14 heteroatoms. The Balaban J connectivity index is 1.56. The number of ketones is 1. The quantitative estimate of drug-likeness (QED) is 0.362. The summed E-state index contributed by atoms with van der Waals surface area (Å²) in [5.41, 5.74) is 1.25. The number of nitrogens with one attached hydrogen (secondary N) is 1. The van der Waals surface area contributed by atoms with E-state index in [1.807, 2.05) is 0 Å². The molecule has 4 aromatic rings. The summed E-state index contributed by atoms with van der Waals surface area (Å²) in [6.07, 6.45) is -4.90. The molecular weight excluding hydrogens is 507 g/mol. The number of halogens is 3. The Hall–Kier alpha value is -5.14. The molecule has 1 amide bonds. The number of aromatic nitrogens is 6. The number of rotatable bonds is 6. The van der Waals surface area contributed by atoms with Gasteiger partial charge in [-0.1, -0.05) is 24.3 Å². The van der Waals surface area contributed by atoms with Gasteiger partial charge in [-0.15, -0.1) is 28.5 Å². The van der Waals surface area contributed by atoms with Crippen LogP contribution in [0, 0.1) is 6.92 Å².